The molecule has 80 valence electrons. The van der Waals surface area contributed by atoms with E-state index in [9.17, 15) is 4.79 Å². The molecule has 1 unspecified atom stereocenters. The Morgan fingerprint density at radius 2 is 2.14 bits per heavy atom. The minimum absolute atomic E-state index is 0.342. The van der Waals surface area contributed by atoms with Crippen molar-refractivity contribution in [3.05, 3.63) is 0 Å². The highest BCUT2D eigenvalue weighted by atomic mass is 16.4. The molecule has 1 N–H and O–H groups in total. The summed E-state index contributed by atoms with van der Waals surface area (Å²) in [4.78, 5) is 12.9. The highest BCUT2D eigenvalue weighted by molar-refractivity contribution is 5.66. The minimum Gasteiger partial charge on any atom is -0.481 e. The Labute approximate surface area is 85.1 Å². The van der Waals surface area contributed by atoms with Gasteiger partial charge in [0.15, 0.2) is 0 Å². The first-order chi connectivity index (χ1) is 6.77. The molecule has 0 bridgehead atoms. The van der Waals surface area contributed by atoms with E-state index in [0.717, 1.165) is 18.9 Å². The molecule has 1 aliphatic carbocycles. The number of hydrogen-bond donors (Lipinski definition) is 1. The molecule has 0 aromatic carbocycles. The van der Waals surface area contributed by atoms with E-state index >= 15 is 0 Å². The van der Waals surface area contributed by atoms with E-state index in [1.54, 1.807) is 0 Å². The summed E-state index contributed by atoms with van der Waals surface area (Å²) in [5.41, 5.74) is 0. The van der Waals surface area contributed by atoms with Crippen LogP contribution in [0.3, 0.4) is 0 Å². The lowest BCUT2D eigenvalue weighted by Crippen LogP contribution is -2.55. The molecule has 1 saturated carbocycles. The summed E-state index contributed by atoms with van der Waals surface area (Å²) in [6, 6.07) is 1.55. The molecule has 0 spiro atoms. The Kier molecular flexibility index (Phi) is 3.06. The van der Waals surface area contributed by atoms with E-state index in [1.165, 1.54) is 32.2 Å². The quantitative estimate of drug-likeness (QED) is 0.731. The standard InChI is InChI=1S/C11H19NO2/c13-11(14)6-2-5-10-7-8-12(10)9-3-1-4-9/h9-10H,1-8H2,(H,13,14). The fraction of sp³-hybridized carbons (Fsp3) is 0.909. The average Bonchev–Trinajstić information content (AvgIpc) is 2.02. The van der Waals surface area contributed by atoms with Gasteiger partial charge in [-0.05, 0) is 32.1 Å². The van der Waals surface area contributed by atoms with Crippen LogP contribution in [0, 0.1) is 0 Å². The summed E-state index contributed by atoms with van der Waals surface area (Å²) >= 11 is 0. The van der Waals surface area contributed by atoms with Crippen LogP contribution in [-0.2, 0) is 4.79 Å². The van der Waals surface area contributed by atoms with Gasteiger partial charge in [0.05, 0.1) is 0 Å². The maximum Gasteiger partial charge on any atom is 0.303 e. The predicted octanol–water partition coefficient (Wildman–Crippen LogP) is 1.87. The van der Waals surface area contributed by atoms with Crippen molar-refractivity contribution in [2.45, 2.75) is 57.0 Å². The maximum absolute atomic E-state index is 10.4. The van der Waals surface area contributed by atoms with Crippen LogP contribution in [-0.4, -0.2) is 34.6 Å². The summed E-state index contributed by atoms with van der Waals surface area (Å²) in [5, 5.41) is 8.54. The Balaban J connectivity index is 1.63. The first-order valence-electron chi connectivity index (χ1n) is 5.75. The third-order valence-corrected chi connectivity index (χ3v) is 3.66. The van der Waals surface area contributed by atoms with Crippen LogP contribution in [0.1, 0.15) is 44.9 Å². The molecule has 2 rings (SSSR count). The molecule has 14 heavy (non-hydrogen) atoms. The maximum atomic E-state index is 10.4. The van der Waals surface area contributed by atoms with E-state index in [0.29, 0.717) is 12.5 Å². The molecule has 0 aromatic rings. The number of carbonyl (C=O) groups is 1. The molecule has 3 nitrogen and oxygen atoms in total. The van der Waals surface area contributed by atoms with Crippen molar-refractivity contribution in [1.82, 2.24) is 4.90 Å². The number of nitrogens with zero attached hydrogens (tertiary/aromatic N) is 1. The monoisotopic (exact) mass is 197 g/mol. The molecule has 1 heterocycles. The molecule has 0 radical (unpaired) electrons. The van der Waals surface area contributed by atoms with Crippen molar-refractivity contribution in [2.75, 3.05) is 6.54 Å². The zero-order chi connectivity index (χ0) is 9.97. The zero-order valence-corrected chi connectivity index (χ0v) is 8.61. The van der Waals surface area contributed by atoms with Crippen LogP contribution in [0.5, 0.6) is 0 Å². The van der Waals surface area contributed by atoms with Crippen LogP contribution in [0.2, 0.25) is 0 Å². The van der Waals surface area contributed by atoms with E-state index in [-0.39, 0.29) is 0 Å². The SMILES string of the molecule is O=C(O)CCCC1CCN1C1CCC1. The van der Waals surface area contributed by atoms with Crippen LogP contribution in [0.4, 0.5) is 0 Å². The number of hydrogen-bond acceptors (Lipinski definition) is 2. The van der Waals surface area contributed by atoms with Crippen molar-refractivity contribution in [3.8, 4) is 0 Å². The lowest BCUT2D eigenvalue weighted by atomic mass is 9.85. The van der Waals surface area contributed by atoms with Gasteiger partial charge in [0.25, 0.3) is 0 Å². The van der Waals surface area contributed by atoms with Gasteiger partial charge in [-0.2, -0.15) is 0 Å². The second-order valence-electron chi connectivity index (χ2n) is 4.55. The van der Waals surface area contributed by atoms with E-state index in [1.807, 2.05) is 0 Å². The van der Waals surface area contributed by atoms with E-state index in [2.05, 4.69) is 4.90 Å². The van der Waals surface area contributed by atoms with E-state index < -0.39 is 5.97 Å². The first-order valence-corrected chi connectivity index (χ1v) is 5.75. The third kappa shape index (κ3) is 2.08. The molecule has 0 aromatic heterocycles. The summed E-state index contributed by atoms with van der Waals surface area (Å²) in [7, 11) is 0. The summed E-state index contributed by atoms with van der Waals surface area (Å²) in [6.07, 6.45) is 7.70. The van der Waals surface area contributed by atoms with E-state index in [4.69, 9.17) is 5.11 Å². The molecule has 3 heteroatoms. The van der Waals surface area contributed by atoms with Crippen molar-refractivity contribution in [3.63, 3.8) is 0 Å². The summed E-state index contributed by atoms with van der Waals surface area (Å²) in [6.45, 7) is 1.25. The van der Waals surface area contributed by atoms with Crippen molar-refractivity contribution in [2.24, 2.45) is 0 Å². The predicted molar refractivity (Wildman–Crippen MR) is 54.2 cm³/mol. The molecular weight excluding hydrogens is 178 g/mol. The van der Waals surface area contributed by atoms with Gasteiger partial charge in [0, 0.05) is 25.0 Å². The number of aliphatic carboxylic acids is 1. The molecular formula is C11H19NO2. The molecule has 1 aliphatic heterocycles. The van der Waals surface area contributed by atoms with Crippen molar-refractivity contribution >= 4 is 5.97 Å². The van der Waals surface area contributed by atoms with Crippen molar-refractivity contribution in [1.29, 1.82) is 0 Å². The summed E-state index contributed by atoms with van der Waals surface area (Å²) < 4.78 is 0. The van der Waals surface area contributed by atoms with Gasteiger partial charge in [0.2, 0.25) is 0 Å². The third-order valence-electron chi connectivity index (χ3n) is 3.66. The Bertz CT molecular complexity index is 213. The van der Waals surface area contributed by atoms with Gasteiger partial charge >= 0.3 is 5.97 Å². The van der Waals surface area contributed by atoms with Crippen molar-refractivity contribution < 1.29 is 9.90 Å². The van der Waals surface area contributed by atoms with Crippen LogP contribution in [0.25, 0.3) is 0 Å². The lowest BCUT2D eigenvalue weighted by Gasteiger charge is -2.49. The highest BCUT2D eigenvalue weighted by Gasteiger charge is 2.35. The molecule has 1 atom stereocenters. The van der Waals surface area contributed by atoms with Crippen LogP contribution >= 0.6 is 0 Å². The second kappa shape index (κ2) is 4.30. The van der Waals surface area contributed by atoms with Crippen LogP contribution < -0.4 is 0 Å². The minimum atomic E-state index is -0.653. The molecule has 2 fully saturated rings. The average molecular weight is 197 g/mol. The number of carboxylic acid groups (broad SMARTS) is 1. The zero-order valence-electron chi connectivity index (χ0n) is 8.61. The Hall–Kier alpha value is -0.570. The van der Waals surface area contributed by atoms with Crippen LogP contribution in [0.15, 0.2) is 0 Å². The number of rotatable bonds is 5. The fourth-order valence-electron chi connectivity index (χ4n) is 2.46. The Morgan fingerprint density at radius 3 is 2.57 bits per heavy atom. The smallest absolute Gasteiger partial charge is 0.303 e. The lowest BCUT2D eigenvalue weighted by molar-refractivity contribution is -0.137. The normalized spacial score (nSPS) is 28.1. The fourth-order valence-corrected chi connectivity index (χ4v) is 2.46. The van der Waals surface area contributed by atoms with Gasteiger partial charge in [-0.3, -0.25) is 9.69 Å². The van der Waals surface area contributed by atoms with Gasteiger partial charge in [0.1, 0.15) is 0 Å². The highest BCUT2D eigenvalue weighted by Crippen LogP contribution is 2.34. The van der Waals surface area contributed by atoms with Gasteiger partial charge in [-0.1, -0.05) is 6.42 Å². The number of likely N-dealkylation sites (tertiary alicyclic amines) is 1. The van der Waals surface area contributed by atoms with Gasteiger partial charge < -0.3 is 5.11 Å². The summed E-state index contributed by atoms with van der Waals surface area (Å²) in [5.74, 6) is -0.653. The first kappa shape index (κ1) is 9.97. The second-order valence-corrected chi connectivity index (χ2v) is 4.55. The topological polar surface area (TPSA) is 40.5 Å². The number of carboxylic acids is 1. The molecule has 0 amide bonds. The van der Waals surface area contributed by atoms with Gasteiger partial charge in [-0.15, -0.1) is 0 Å². The molecule has 1 saturated heterocycles. The molecule has 2 aliphatic rings. The largest absolute Gasteiger partial charge is 0.481 e. The van der Waals surface area contributed by atoms with Gasteiger partial charge in [-0.25, -0.2) is 0 Å². The Morgan fingerprint density at radius 1 is 1.36 bits per heavy atom.